The molecule has 0 atom stereocenters. The Kier molecular flexibility index (Phi) is 5.50. The van der Waals surface area contributed by atoms with Gasteiger partial charge in [-0.05, 0) is 18.2 Å². The second kappa shape index (κ2) is 8.01. The molecule has 0 aliphatic carbocycles. The normalized spacial score (nSPS) is 10.5. The smallest absolute Gasteiger partial charge is 0.348 e. The maximum absolute atomic E-state index is 12.4. The number of nitrogen functional groups attached to an aromatic ring is 1. The molecule has 0 amide bonds. The van der Waals surface area contributed by atoms with Crippen LogP contribution in [-0.4, -0.2) is 42.1 Å². The molecule has 0 saturated carbocycles. The van der Waals surface area contributed by atoms with Gasteiger partial charge in [-0.25, -0.2) is 14.4 Å². The summed E-state index contributed by atoms with van der Waals surface area (Å²) >= 11 is 0.860. The van der Waals surface area contributed by atoms with Crippen LogP contribution in [0.15, 0.2) is 30.6 Å². The number of hydrogen-bond acceptors (Lipinski definition) is 10. The van der Waals surface area contributed by atoms with Crippen molar-refractivity contribution in [2.45, 2.75) is 6.61 Å². The average molecular weight is 401 g/mol. The van der Waals surface area contributed by atoms with Gasteiger partial charge < -0.3 is 19.9 Å². The van der Waals surface area contributed by atoms with Crippen LogP contribution < -0.4 is 5.73 Å². The number of aromatic nitrogens is 2. The van der Waals surface area contributed by atoms with Crippen molar-refractivity contribution in [3.63, 3.8) is 0 Å². The molecule has 0 bridgehead atoms. The minimum atomic E-state index is -0.740. The van der Waals surface area contributed by atoms with Gasteiger partial charge in [0.05, 0.1) is 30.8 Å². The second-order valence-corrected chi connectivity index (χ2v) is 6.52. The molecular weight excluding hydrogens is 386 g/mol. The minimum absolute atomic E-state index is 0.0231. The van der Waals surface area contributed by atoms with Crippen LogP contribution in [0.25, 0.3) is 11.0 Å². The third kappa shape index (κ3) is 3.62. The Bertz CT molecular complexity index is 1080. The highest BCUT2D eigenvalue weighted by molar-refractivity contribution is 7.18. The number of thiophene rings is 1. The van der Waals surface area contributed by atoms with Gasteiger partial charge in [0.25, 0.3) is 0 Å². The fourth-order valence-corrected chi connectivity index (χ4v) is 3.50. The van der Waals surface area contributed by atoms with Crippen molar-refractivity contribution in [3.8, 4) is 0 Å². The monoisotopic (exact) mass is 401 g/mol. The quantitative estimate of drug-likeness (QED) is 0.505. The van der Waals surface area contributed by atoms with Crippen LogP contribution in [0.3, 0.4) is 0 Å². The van der Waals surface area contributed by atoms with E-state index in [9.17, 15) is 14.4 Å². The van der Waals surface area contributed by atoms with Crippen LogP contribution in [0.1, 0.15) is 36.0 Å². The molecule has 0 saturated heterocycles. The highest BCUT2D eigenvalue weighted by Gasteiger charge is 2.28. The maximum atomic E-state index is 12.4. The van der Waals surface area contributed by atoms with E-state index in [0.717, 1.165) is 11.3 Å². The molecule has 3 aromatic rings. The average Bonchev–Trinajstić information content (AvgIpc) is 3.06. The zero-order valence-electron chi connectivity index (χ0n) is 14.9. The van der Waals surface area contributed by atoms with E-state index in [0.29, 0.717) is 11.0 Å². The molecule has 0 radical (unpaired) electrons. The summed E-state index contributed by atoms with van der Waals surface area (Å²) in [6.45, 7) is -0.361. The number of methoxy groups -OCH3 is 2. The summed E-state index contributed by atoms with van der Waals surface area (Å²) in [5, 5.41) is 0.0688. The number of anilines is 1. The lowest BCUT2D eigenvalue weighted by Gasteiger charge is -2.08. The van der Waals surface area contributed by atoms with Gasteiger partial charge in [-0.1, -0.05) is 0 Å². The third-order valence-electron chi connectivity index (χ3n) is 3.85. The van der Waals surface area contributed by atoms with Crippen molar-refractivity contribution in [3.05, 3.63) is 52.2 Å². The summed E-state index contributed by atoms with van der Waals surface area (Å²) in [5.41, 5.74) is 7.36. The SMILES string of the molecule is COC(=O)c1sc(N)c(C(=O)OC)c1COC(=O)c1ccc2nccnc2c1. The molecule has 0 unspecified atom stereocenters. The van der Waals surface area contributed by atoms with Gasteiger partial charge in [0.15, 0.2) is 0 Å². The highest BCUT2D eigenvalue weighted by Crippen LogP contribution is 2.33. The summed E-state index contributed by atoms with van der Waals surface area (Å²) < 4.78 is 14.7. The lowest BCUT2D eigenvalue weighted by molar-refractivity contribution is 0.0453. The van der Waals surface area contributed by atoms with Crippen LogP contribution >= 0.6 is 11.3 Å². The molecule has 1 aromatic carbocycles. The van der Waals surface area contributed by atoms with Gasteiger partial charge in [0.1, 0.15) is 22.0 Å². The van der Waals surface area contributed by atoms with Crippen molar-refractivity contribution in [2.24, 2.45) is 0 Å². The molecule has 0 aliphatic rings. The number of hydrogen-bond donors (Lipinski definition) is 1. The van der Waals surface area contributed by atoms with Crippen molar-refractivity contribution in [2.75, 3.05) is 20.0 Å². The van der Waals surface area contributed by atoms with Crippen LogP contribution in [0.2, 0.25) is 0 Å². The molecule has 0 spiro atoms. The standard InChI is InChI=1S/C18H15N3O6S/c1-25-17(23)13-10(14(18(24)26-2)28-15(13)19)8-27-16(22)9-3-4-11-12(7-9)21-6-5-20-11/h3-7H,8,19H2,1-2H3. The minimum Gasteiger partial charge on any atom is -0.465 e. The van der Waals surface area contributed by atoms with E-state index in [2.05, 4.69) is 9.97 Å². The first-order valence-electron chi connectivity index (χ1n) is 7.92. The van der Waals surface area contributed by atoms with E-state index in [1.54, 1.807) is 18.3 Å². The maximum Gasteiger partial charge on any atom is 0.348 e. The molecular formula is C18H15N3O6S. The van der Waals surface area contributed by atoms with Crippen molar-refractivity contribution in [1.82, 2.24) is 9.97 Å². The molecule has 0 fully saturated rings. The topological polar surface area (TPSA) is 131 Å². The van der Waals surface area contributed by atoms with Gasteiger partial charge in [-0.3, -0.25) is 9.97 Å². The first-order chi connectivity index (χ1) is 13.5. The molecule has 2 aromatic heterocycles. The van der Waals surface area contributed by atoms with E-state index in [1.165, 1.54) is 26.5 Å². The lowest BCUT2D eigenvalue weighted by atomic mass is 10.1. The molecule has 144 valence electrons. The number of ether oxygens (including phenoxy) is 3. The van der Waals surface area contributed by atoms with Gasteiger partial charge in [-0.15, -0.1) is 11.3 Å². The van der Waals surface area contributed by atoms with Crippen molar-refractivity contribution >= 4 is 45.3 Å². The molecule has 28 heavy (non-hydrogen) atoms. The molecule has 2 heterocycles. The van der Waals surface area contributed by atoms with E-state index in [4.69, 9.17) is 19.9 Å². The predicted molar refractivity (Wildman–Crippen MR) is 100 cm³/mol. The Morgan fingerprint density at radius 3 is 2.36 bits per heavy atom. The molecule has 10 heteroatoms. The molecule has 2 N–H and O–H groups in total. The Labute approximate surface area is 163 Å². The van der Waals surface area contributed by atoms with Crippen LogP contribution in [0, 0.1) is 0 Å². The number of nitrogens with two attached hydrogens (primary N) is 1. The van der Waals surface area contributed by atoms with Gasteiger partial charge >= 0.3 is 17.9 Å². The first-order valence-corrected chi connectivity index (χ1v) is 8.73. The number of carbonyl (C=O) groups excluding carboxylic acids is 3. The van der Waals surface area contributed by atoms with Crippen molar-refractivity contribution < 1.29 is 28.6 Å². The van der Waals surface area contributed by atoms with Crippen LogP contribution in [0.4, 0.5) is 5.00 Å². The number of rotatable bonds is 5. The third-order valence-corrected chi connectivity index (χ3v) is 4.89. The highest BCUT2D eigenvalue weighted by atomic mass is 32.1. The van der Waals surface area contributed by atoms with E-state index >= 15 is 0 Å². The molecule has 9 nitrogen and oxygen atoms in total. The largest absolute Gasteiger partial charge is 0.465 e. The zero-order valence-corrected chi connectivity index (χ0v) is 15.7. The van der Waals surface area contributed by atoms with Crippen LogP contribution in [-0.2, 0) is 20.8 Å². The Hall–Kier alpha value is -3.53. The fraction of sp³-hybridized carbons (Fsp3) is 0.167. The predicted octanol–water partition coefficient (Wildman–Crippen LogP) is 2.20. The van der Waals surface area contributed by atoms with E-state index < -0.39 is 17.9 Å². The van der Waals surface area contributed by atoms with Gasteiger partial charge in [-0.2, -0.15) is 0 Å². The van der Waals surface area contributed by atoms with Gasteiger partial charge in [0, 0.05) is 18.0 Å². The van der Waals surface area contributed by atoms with Crippen molar-refractivity contribution in [1.29, 1.82) is 0 Å². The Morgan fingerprint density at radius 1 is 1.00 bits per heavy atom. The summed E-state index contributed by atoms with van der Waals surface area (Å²) in [7, 11) is 2.38. The van der Waals surface area contributed by atoms with Crippen LogP contribution in [0.5, 0.6) is 0 Å². The molecule has 3 rings (SSSR count). The first kappa shape index (κ1) is 19.2. The number of carbonyl (C=O) groups is 3. The Balaban J connectivity index is 1.89. The fourth-order valence-electron chi connectivity index (χ4n) is 2.52. The molecule has 0 aliphatic heterocycles. The number of benzene rings is 1. The number of nitrogens with zero attached hydrogens (tertiary/aromatic N) is 2. The number of fused-ring (bicyclic) bond motifs is 1. The summed E-state index contributed by atoms with van der Waals surface area (Å²) in [5.74, 6) is -2.10. The zero-order chi connectivity index (χ0) is 20.3. The van der Waals surface area contributed by atoms with Gasteiger partial charge in [0.2, 0.25) is 0 Å². The van der Waals surface area contributed by atoms with E-state index in [1.807, 2.05) is 0 Å². The lowest BCUT2D eigenvalue weighted by Crippen LogP contribution is -2.12. The second-order valence-electron chi connectivity index (χ2n) is 5.47. The van der Waals surface area contributed by atoms with E-state index in [-0.39, 0.29) is 33.2 Å². The summed E-state index contributed by atoms with van der Waals surface area (Å²) in [6.07, 6.45) is 3.06. The summed E-state index contributed by atoms with van der Waals surface area (Å²) in [4.78, 5) is 44.8. The summed E-state index contributed by atoms with van der Waals surface area (Å²) in [6, 6.07) is 4.72. The Morgan fingerprint density at radius 2 is 1.68 bits per heavy atom. The number of esters is 3.